The van der Waals surface area contributed by atoms with Gasteiger partial charge in [0.25, 0.3) is 0 Å². The normalized spacial score (nSPS) is 12.2. The zero-order valence-corrected chi connectivity index (χ0v) is 39.8. The minimum absolute atomic E-state index is 0.704. The molecule has 0 saturated carbocycles. The Bertz CT molecular complexity index is 2210. The first-order valence-corrected chi connectivity index (χ1v) is 31.4. The molecule has 0 nitrogen and oxygen atoms in total. The monoisotopic (exact) mass is 852 g/mol. The molecule has 0 radical (unpaired) electrons. The lowest BCUT2D eigenvalue weighted by atomic mass is 9.74. The van der Waals surface area contributed by atoms with E-state index in [0.29, 0.717) is 15.1 Å². The summed E-state index contributed by atoms with van der Waals surface area (Å²) < 4.78 is 0. The van der Waals surface area contributed by atoms with E-state index in [0.717, 1.165) is 50.1 Å². The van der Waals surface area contributed by atoms with Gasteiger partial charge in [0, 0.05) is 15.1 Å². The molecule has 0 aromatic heterocycles. The van der Waals surface area contributed by atoms with Crippen molar-refractivity contribution in [3.8, 4) is 66.8 Å². The predicted molar refractivity (Wildman–Crippen MR) is 263 cm³/mol. The first kappa shape index (κ1) is 41.2. The molecule has 0 amide bonds. The molecule has 0 bridgehead atoms. The highest BCUT2D eigenvalue weighted by atomic mass is 35.5. The zero-order chi connectivity index (χ0) is 40.9. The number of hydrogen-bond donors (Lipinski definition) is 0. The van der Waals surface area contributed by atoms with Crippen LogP contribution in [0.25, 0.3) is 66.8 Å². The van der Waals surface area contributed by atoms with E-state index >= 15 is 0 Å². The summed E-state index contributed by atoms with van der Waals surface area (Å²) in [7, 11) is -4.76. The molecule has 0 N–H and O–H groups in total. The molecule has 7 aromatic rings. The van der Waals surface area contributed by atoms with Crippen LogP contribution < -0.4 is 15.6 Å². The molecule has 0 aliphatic carbocycles. The van der Waals surface area contributed by atoms with Crippen LogP contribution in [0.1, 0.15) is 0 Å². The van der Waals surface area contributed by atoms with Gasteiger partial charge in [-0.15, -0.1) is 0 Å². The highest BCUT2D eigenvalue weighted by molar-refractivity contribution is 6.89. The van der Waals surface area contributed by atoms with Crippen molar-refractivity contribution in [2.75, 3.05) is 0 Å². The molecule has 7 aromatic carbocycles. The van der Waals surface area contributed by atoms with Crippen LogP contribution in [0, 0.1) is 0 Å². The van der Waals surface area contributed by atoms with Gasteiger partial charge in [-0.1, -0.05) is 218 Å². The fraction of sp³-hybridized carbons (Fsp3) is 0.176. The molecule has 288 valence electrons. The fourth-order valence-electron chi connectivity index (χ4n) is 7.74. The molecule has 0 atom stereocenters. The molecule has 6 heteroatoms. The smallest absolute Gasteiger partial charge is 0.0775 e. The second-order valence-corrected chi connectivity index (χ2v) is 34.8. The molecule has 7 rings (SSSR count). The zero-order valence-electron chi connectivity index (χ0n) is 34.5. The standard InChI is InChI=1S/C51H51Cl3Si3/c1-55(2,3)43-28-16-37(17-29-43)49-46(34-10-22-40(52)23-11-34)50(38-18-30-44(31-19-38)56(4,5)6)48(36-14-26-42(54)27-15-36)51(47(49)35-12-24-41(53)25-13-35)39-20-32-45(33-21-39)57(7,8)9/h10-33H,1-9H3. The average Bonchev–Trinajstić information content (AvgIpc) is 3.17. The van der Waals surface area contributed by atoms with E-state index in [1.54, 1.807) is 0 Å². The molecule has 57 heavy (non-hydrogen) atoms. The molecule has 0 spiro atoms. The third kappa shape index (κ3) is 8.76. The second kappa shape index (κ2) is 16.0. The van der Waals surface area contributed by atoms with Gasteiger partial charge in [-0.2, -0.15) is 0 Å². The van der Waals surface area contributed by atoms with E-state index in [4.69, 9.17) is 34.8 Å². The van der Waals surface area contributed by atoms with Crippen molar-refractivity contribution in [3.05, 3.63) is 161 Å². The van der Waals surface area contributed by atoms with E-state index in [1.165, 1.54) is 32.3 Å². The van der Waals surface area contributed by atoms with Crippen LogP contribution in [0.15, 0.2) is 146 Å². The Labute approximate surface area is 358 Å². The second-order valence-electron chi connectivity index (χ2n) is 18.3. The van der Waals surface area contributed by atoms with Gasteiger partial charge in [0.05, 0.1) is 24.2 Å². The maximum absolute atomic E-state index is 6.65. The summed E-state index contributed by atoms with van der Waals surface area (Å²) in [4.78, 5) is 0. The molecule has 0 heterocycles. The molecule has 0 fully saturated rings. The highest BCUT2D eigenvalue weighted by Gasteiger charge is 2.30. The molecular formula is C51H51Cl3Si3. The van der Waals surface area contributed by atoms with Crippen LogP contribution in [0.5, 0.6) is 0 Å². The van der Waals surface area contributed by atoms with E-state index in [-0.39, 0.29) is 0 Å². The quantitative estimate of drug-likeness (QED) is 0.127. The first-order chi connectivity index (χ1) is 26.9. The number of halogens is 3. The minimum Gasteiger partial charge on any atom is -0.0843 e. The summed E-state index contributed by atoms with van der Waals surface area (Å²) in [6.45, 7) is 21.7. The Balaban J connectivity index is 1.78. The largest absolute Gasteiger partial charge is 0.0843 e. The third-order valence-electron chi connectivity index (χ3n) is 11.0. The van der Waals surface area contributed by atoms with Gasteiger partial charge in [-0.05, 0) is 103 Å². The van der Waals surface area contributed by atoms with Crippen molar-refractivity contribution in [3.63, 3.8) is 0 Å². The first-order valence-electron chi connectivity index (χ1n) is 19.7. The van der Waals surface area contributed by atoms with Crippen LogP contribution in [0.2, 0.25) is 74.0 Å². The van der Waals surface area contributed by atoms with Crippen LogP contribution in [0.4, 0.5) is 0 Å². The molecular weight excluding hydrogens is 803 g/mol. The van der Waals surface area contributed by atoms with Gasteiger partial charge in [-0.3, -0.25) is 0 Å². The Morgan fingerprint density at radius 2 is 0.368 bits per heavy atom. The van der Waals surface area contributed by atoms with Crippen LogP contribution in [-0.4, -0.2) is 24.2 Å². The Morgan fingerprint density at radius 1 is 0.228 bits per heavy atom. The topological polar surface area (TPSA) is 0 Å². The predicted octanol–water partition coefficient (Wildman–Crippen LogP) is 15.3. The molecule has 0 aliphatic heterocycles. The molecule has 0 unspecified atom stereocenters. The summed E-state index contributed by atoms with van der Waals surface area (Å²) in [5.74, 6) is 0. The molecule has 0 aliphatic rings. The van der Waals surface area contributed by atoms with Crippen LogP contribution >= 0.6 is 34.8 Å². The van der Waals surface area contributed by atoms with E-state index < -0.39 is 24.2 Å². The summed E-state index contributed by atoms with van der Waals surface area (Å²) >= 11 is 20.0. The van der Waals surface area contributed by atoms with Gasteiger partial charge in [0.1, 0.15) is 0 Å². The van der Waals surface area contributed by atoms with E-state index in [9.17, 15) is 0 Å². The van der Waals surface area contributed by atoms with Crippen LogP contribution in [0.3, 0.4) is 0 Å². The fourth-order valence-corrected chi connectivity index (χ4v) is 11.6. The number of hydrogen-bond acceptors (Lipinski definition) is 0. The minimum atomic E-state index is -1.59. The summed E-state index contributed by atoms with van der Waals surface area (Å²) in [6, 6.07) is 53.4. The van der Waals surface area contributed by atoms with Gasteiger partial charge < -0.3 is 0 Å². The Morgan fingerprint density at radius 3 is 0.509 bits per heavy atom. The van der Waals surface area contributed by atoms with E-state index in [2.05, 4.69) is 168 Å². The lowest BCUT2D eigenvalue weighted by Crippen LogP contribution is -2.37. The van der Waals surface area contributed by atoms with E-state index in [1.807, 2.05) is 36.4 Å². The van der Waals surface area contributed by atoms with Crippen molar-refractivity contribution >= 4 is 74.6 Å². The maximum Gasteiger partial charge on any atom is 0.0775 e. The van der Waals surface area contributed by atoms with Crippen LogP contribution in [-0.2, 0) is 0 Å². The number of rotatable bonds is 9. The van der Waals surface area contributed by atoms with Crippen molar-refractivity contribution < 1.29 is 0 Å². The van der Waals surface area contributed by atoms with Crippen molar-refractivity contribution in [2.24, 2.45) is 0 Å². The van der Waals surface area contributed by atoms with Crippen molar-refractivity contribution in [1.82, 2.24) is 0 Å². The summed E-state index contributed by atoms with van der Waals surface area (Å²) in [6.07, 6.45) is 0. The van der Waals surface area contributed by atoms with Gasteiger partial charge in [0.2, 0.25) is 0 Å². The highest BCUT2D eigenvalue weighted by Crippen LogP contribution is 2.56. The third-order valence-corrected chi connectivity index (χ3v) is 18.0. The maximum atomic E-state index is 6.65. The van der Waals surface area contributed by atoms with Gasteiger partial charge in [0.15, 0.2) is 0 Å². The lowest BCUT2D eigenvalue weighted by Gasteiger charge is -2.29. The Kier molecular flexibility index (Phi) is 11.6. The summed E-state index contributed by atoms with van der Waals surface area (Å²) in [5, 5.41) is 6.39. The van der Waals surface area contributed by atoms with Gasteiger partial charge >= 0.3 is 0 Å². The number of benzene rings is 7. The summed E-state index contributed by atoms with van der Waals surface area (Å²) in [5.41, 5.74) is 13.8. The lowest BCUT2D eigenvalue weighted by molar-refractivity contribution is 1.51. The molecule has 0 saturated heterocycles. The Hall–Kier alpha value is -3.94. The SMILES string of the molecule is C[Si](C)(C)c1ccc(-c2c(-c3ccc(Cl)cc3)c(-c3ccc([Si](C)(C)C)cc3)c(-c3ccc(Cl)cc3)c(-c3ccc([Si](C)(C)C)cc3)c2-c2ccc(Cl)cc2)cc1. The van der Waals surface area contributed by atoms with Gasteiger partial charge in [-0.25, -0.2) is 0 Å². The van der Waals surface area contributed by atoms with Crippen molar-refractivity contribution in [2.45, 2.75) is 58.9 Å². The van der Waals surface area contributed by atoms with Crippen molar-refractivity contribution in [1.29, 1.82) is 0 Å². The average molecular weight is 855 g/mol.